The molecule has 0 radical (unpaired) electrons. The lowest BCUT2D eigenvalue weighted by Gasteiger charge is -2.54. The van der Waals surface area contributed by atoms with Crippen molar-refractivity contribution in [2.45, 2.75) is 45.2 Å². The highest BCUT2D eigenvalue weighted by molar-refractivity contribution is 4.98. The van der Waals surface area contributed by atoms with Gasteiger partial charge in [-0.25, -0.2) is 4.98 Å². The highest BCUT2D eigenvalue weighted by atomic mass is 15.3. The van der Waals surface area contributed by atoms with Crippen LogP contribution in [0, 0.1) is 29.6 Å². The Balaban J connectivity index is 1.51. The second-order valence-corrected chi connectivity index (χ2v) is 6.68. The third kappa shape index (κ3) is 1.69. The molecule has 4 saturated carbocycles. The van der Waals surface area contributed by atoms with E-state index in [1.54, 1.807) is 0 Å². The zero-order valence-electron chi connectivity index (χ0n) is 10.8. The third-order valence-electron chi connectivity index (χ3n) is 5.59. The van der Waals surface area contributed by atoms with E-state index >= 15 is 0 Å². The third-order valence-corrected chi connectivity index (χ3v) is 5.59. The number of nitrogens with zero attached hydrogens (tertiary/aromatic N) is 3. The summed E-state index contributed by atoms with van der Waals surface area (Å²) in [5.74, 6) is 5.67. The first-order valence-corrected chi connectivity index (χ1v) is 7.40. The predicted octanol–water partition coefficient (Wildman–Crippen LogP) is 1.81. The van der Waals surface area contributed by atoms with Crippen LogP contribution in [0.5, 0.6) is 0 Å². The van der Waals surface area contributed by atoms with Crippen molar-refractivity contribution in [2.24, 2.45) is 35.3 Å². The monoisotopic (exact) mass is 246 g/mol. The van der Waals surface area contributed by atoms with Crippen molar-refractivity contribution in [1.82, 2.24) is 14.8 Å². The summed E-state index contributed by atoms with van der Waals surface area (Å²) in [5, 5.41) is 4.46. The molecule has 0 aliphatic heterocycles. The van der Waals surface area contributed by atoms with Crippen molar-refractivity contribution in [3.63, 3.8) is 0 Å². The van der Waals surface area contributed by atoms with Crippen LogP contribution < -0.4 is 5.73 Å². The molecule has 1 aromatic rings. The van der Waals surface area contributed by atoms with Gasteiger partial charge in [0.05, 0.1) is 6.54 Å². The molecule has 5 rings (SSSR count). The Morgan fingerprint density at radius 1 is 1.11 bits per heavy atom. The summed E-state index contributed by atoms with van der Waals surface area (Å²) in [6.45, 7) is 1.52. The average Bonchev–Trinajstić information content (AvgIpc) is 2.80. The van der Waals surface area contributed by atoms with E-state index < -0.39 is 0 Å². The van der Waals surface area contributed by atoms with Crippen molar-refractivity contribution >= 4 is 0 Å². The standard InChI is InChI=1S/C14H22N4/c15-6-14-16-8-18(17-14)7-13-11-2-9-1-10(4-11)5-12(13)3-9/h8-13H,1-7,15H2. The molecule has 1 heterocycles. The first kappa shape index (κ1) is 11.0. The maximum atomic E-state index is 5.57. The van der Waals surface area contributed by atoms with Crippen LogP contribution in [0.3, 0.4) is 0 Å². The van der Waals surface area contributed by atoms with Gasteiger partial charge in [0.1, 0.15) is 6.33 Å². The smallest absolute Gasteiger partial charge is 0.164 e. The van der Waals surface area contributed by atoms with Gasteiger partial charge in [-0.15, -0.1) is 0 Å². The minimum absolute atomic E-state index is 0.453. The Hall–Kier alpha value is -0.900. The molecule has 0 amide bonds. The number of rotatable bonds is 3. The highest BCUT2D eigenvalue weighted by Gasteiger charge is 2.48. The molecule has 4 heteroatoms. The largest absolute Gasteiger partial charge is 0.324 e. The lowest BCUT2D eigenvalue weighted by molar-refractivity contribution is -0.0443. The minimum atomic E-state index is 0.453. The molecule has 0 saturated heterocycles. The molecular weight excluding hydrogens is 224 g/mol. The zero-order valence-corrected chi connectivity index (χ0v) is 10.8. The second-order valence-electron chi connectivity index (χ2n) is 6.68. The quantitative estimate of drug-likeness (QED) is 0.885. The van der Waals surface area contributed by atoms with E-state index in [2.05, 4.69) is 10.1 Å². The van der Waals surface area contributed by atoms with E-state index in [0.717, 1.165) is 42.0 Å². The topological polar surface area (TPSA) is 56.7 Å². The first-order chi connectivity index (χ1) is 8.81. The lowest BCUT2D eigenvalue weighted by atomic mass is 9.52. The molecule has 18 heavy (non-hydrogen) atoms. The molecule has 4 nitrogen and oxygen atoms in total. The van der Waals surface area contributed by atoms with Gasteiger partial charge in [-0.1, -0.05) is 0 Å². The fourth-order valence-corrected chi connectivity index (χ4v) is 5.07. The maximum absolute atomic E-state index is 5.57. The van der Waals surface area contributed by atoms with Crippen molar-refractivity contribution in [3.8, 4) is 0 Å². The first-order valence-electron chi connectivity index (χ1n) is 7.40. The molecular formula is C14H22N4. The predicted molar refractivity (Wildman–Crippen MR) is 68.4 cm³/mol. The van der Waals surface area contributed by atoms with Gasteiger partial charge in [-0.2, -0.15) is 5.10 Å². The average molecular weight is 246 g/mol. The van der Waals surface area contributed by atoms with E-state index in [1.807, 2.05) is 11.0 Å². The Morgan fingerprint density at radius 3 is 2.33 bits per heavy atom. The van der Waals surface area contributed by atoms with Crippen LogP contribution in [0.25, 0.3) is 0 Å². The van der Waals surface area contributed by atoms with Crippen molar-refractivity contribution < 1.29 is 0 Å². The van der Waals surface area contributed by atoms with Crippen LogP contribution in [0.15, 0.2) is 6.33 Å². The van der Waals surface area contributed by atoms with Crippen LogP contribution in [-0.2, 0) is 13.1 Å². The molecule has 0 spiro atoms. The number of aromatic nitrogens is 3. The molecule has 0 unspecified atom stereocenters. The van der Waals surface area contributed by atoms with Gasteiger partial charge >= 0.3 is 0 Å². The fraction of sp³-hybridized carbons (Fsp3) is 0.857. The minimum Gasteiger partial charge on any atom is -0.324 e. The van der Waals surface area contributed by atoms with E-state index in [1.165, 1.54) is 32.1 Å². The molecule has 2 N–H and O–H groups in total. The van der Waals surface area contributed by atoms with Crippen LogP contribution in [0.4, 0.5) is 0 Å². The summed E-state index contributed by atoms with van der Waals surface area (Å²) < 4.78 is 2.04. The Labute approximate surface area is 108 Å². The van der Waals surface area contributed by atoms with E-state index in [0.29, 0.717) is 6.54 Å². The van der Waals surface area contributed by atoms with Crippen LogP contribution in [0.2, 0.25) is 0 Å². The van der Waals surface area contributed by atoms with Gasteiger partial charge < -0.3 is 5.73 Å². The summed E-state index contributed by atoms with van der Waals surface area (Å²) in [6, 6.07) is 0. The summed E-state index contributed by atoms with van der Waals surface area (Å²) in [7, 11) is 0. The summed E-state index contributed by atoms with van der Waals surface area (Å²) in [4.78, 5) is 4.24. The number of nitrogens with two attached hydrogens (primary N) is 1. The second kappa shape index (κ2) is 4.05. The number of hydrogen-bond donors (Lipinski definition) is 1. The lowest BCUT2D eigenvalue weighted by Crippen LogP contribution is -2.46. The van der Waals surface area contributed by atoms with Gasteiger partial charge in [0.25, 0.3) is 0 Å². The summed E-state index contributed by atoms with van der Waals surface area (Å²) in [5.41, 5.74) is 5.57. The van der Waals surface area contributed by atoms with Gasteiger partial charge in [0.15, 0.2) is 5.82 Å². The molecule has 4 aliphatic carbocycles. The van der Waals surface area contributed by atoms with E-state index in [9.17, 15) is 0 Å². The maximum Gasteiger partial charge on any atom is 0.164 e. The Kier molecular flexibility index (Phi) is 2.47. The van der Waals surface area contributed by atoms with E-state index in [-0.39, 0.29) is 0 Å². The van der Waals surface area contributed by atoms with Crippen LogP contribution >= 0.6 is 0 Å². The number of hydrogen-bond acceptors (Lipinski definition) is 3. The normalized spacial score (nSPS) is 41.5. The Bertz CT molecular complexity index is 411. The van der Waals surface area contributed by atoms with Gasteiger partial charge in [-0.05, 0) is 61.7 Å². The van der Waals surface area contributed by atoms with Crippen molar-refractivity contribution in [3.05, 3.63) is 12.2 Å². The molecule has 0 atom stereocenters. The molecule has 1 aromatic heterocycles. The van der Waals surface area contributed by atoms with Gasteiger partial charge in [0, 0.05) is 6.54 Å². The zero-order chi connectivity index (χ0) is 12.1. The van der Waals surface area contributed by atoms with Crippen LogP contribution in [0.1, 0.15) is 37.9 Å². The van der Waals surface area contributed by atoms with Crippen molar-refractivity contribution in [1.29, 1.82) is 0 Å². The Morgan fingerprint density at radius 2 is 1.78 bits per heavy atom. The van der Waals surface area contributed by atoms with Crippen LogP contribution in [-0.4, -0.2) is 14.8 Å². The fourth-order valence-electron chi connectivity index (χ4n) is 5.07. The molecule has 98 valence electrons. The molecule has 0 aromatic carbocycles. The molecule has 4 fully saturated rings. The highest BCUT2D eigenvalue weighted by Crippen LogP contribution is 2.56. The molecule has 4 bridgehead atoms. The van der Waals surface area contributed by atoms with Gasteiger partial charge in [0.2, 0.25) is 0 Å². The SMILES string of the molecule is NCc1ncn(CC2C3CC4CC(C3)CC2C4)n1. The van der Waals surface area contributed by atoms with Gasteiger partial charge in [-0.3, -0.25) is 4.68 Å². The van der Waals surface area contributed by atoms with E-state index in [4.69, 9.17) is 5.73 Å². The van der Waals surface area contributed by atoms with Crippen molar-refractivity contribution in [2.75, 3.05) is 0 Å². The molecule has 4 aliphatic rings. The summed E-state index contributed by atoms with van der Waals surface area (Å²) >= 11 is 0. The summed E-state index contributed by atoms with van der Waals surface area (Å²) in [6.07, 6.45) is 9.33.